The van der Waals surface area contributed by atoms with Gasteiger partial charge >= 0.3 is 0 Å². The Morgan fingerprint density at radius 1 is 1.10 bits per heavy atom. The van der Waals surface area contributed by atoms with Gasteiger partial charge in [-0.25, -0.2) is 0 Å². The minimum absolute atomic E-state index is 0.0125. The summed E-state index contributed by atoms with van der Waals surface area (Å²) in [4.78, 5) is 26.9. The Morgan fingerprint density at radius 2 is 1.71 bits per heavy atom. The number of nitrogens with zero attached hydrogens (tertiary/aromatic N) is 1. The highest BCUT2D eigenvalue weighted by atomic mass is 16.2. The standard InChI is InChI=1S/C17H24N2O2/c1-11(2)15-17(21)19(12(3)4)14(16(20)18-15)10-13-8-6-5-7-9-13/h5-9,11-12,14-15H,10H2,1-4H3,(H,18,20). The minimum Gasteiger partial charge on any atom is -0.342 e. The van der Waals surface area contributed by atoms with E-state index in [1.165, 1.54) is 0 Å². The monoisotopic (exact) mass is 288 g/mol. The molecule has 0 saturated carbocycles. The molecule has 2 amide bonds. The molecule has 0 spiro atoms. The van der Waals surface area contributed by atoms with Crippen molar-refractivity contribution in [3.05, 3.63) is 35.9 Å². The SMILES string of the molecule is CC(C)C1NC(=O)C(Cc2ccccc2)N(C(C)C)C1=O. The van der Waals surface area contributed by atoms with Crippen LogP contribution < -0.4 is 5.32 Å². The van der Waals surface area contributed by atoms with E-state index < -0.39 is 12.1 Å². The third-order valence-electron chi connectivity index (χ3n) is 3.95. The molecule has 1 aliphatic rings. The van der Waals surface area contributed by atoms with Crippen molar-refractivity contribution in [2.24, 2.45) is 5.92 Å². The molecule has 1 aliphatic heterocycles. The average Bonchev–Trinajstić information content (AvgIpc) is 2.43. The van der Waals surface area contributed by atoms with E-state index in [1.807, 2.05) is 58.0 Å². The van der Waals surface area contributed by atoms with E-state index in [0.29, 0.717) is 6.42 Å². The van der Waals surface area contributed by atoms with E-state index in [-0.39, 0.29) is 23.8 Å². The van der Waals surface area contributed by atoms with Crippen molar-refractivity contribution in [2.45, 2.75) is 52.2 Å². The molecule has 1 saturated heterocycles. The first kappa shape index (κ1) is 15.5. The van der Waals surface area contributed by atoms with Crippen molar-refractivity contribution in [1.82, 2.24) is 10.2 Å². The molecule has 0 bridgehead atoms. The smallest absolute Gasteiger partial charge is 0.246 e. The van der Waals surface area contributed by atoms with Gasteiger partial charge < -0.3 is 10.2 Å². The number of piperazine rings is 1. The van der Waals surface area contributed by atoms with Crippen molar-refractivity contribution >= 4 is 11.8 Å². The summed E-state index contributed by atoms with van der Waals surface area (Å²) in [5.41, 5.74) is 1.07. The van der Waals surface area contributed by atoms with E-state index in [9.17, 15) is 9.59 Å². The highest BCUT2D eigenvalue weighted by Crippen LogP contribution is 2.21. The average molecular weight is 288 g/mol. The molecule has 1 heterocycles. The second-order valence-corrected chi connectivity index (χ2v) is 6.28. The minimum atomic E-state index is -0.421. The number of hydrogen-bond acceptors (Lipinski definition) is 2. The fraction of sp³-hybridized carbons (Fsp3) is 0.529. The topological polar surface area (TPSA) is 49.4 Å². The molecule has 2 atom stereocenters. The van der Waals surface area contributed by atoms with E-state index in [2.05, 4.69) is 5.32 Å². The summed E-state index contributed by atoms with van der Waals surface area (Å²) >= 11 is 0. The molecule has 1 N–H and O–H groups in total. The lowest BCUT2D eigenvalue weighted by Gasteiger charge is -2.42. The summed E-state index contributed by atoms with van der Waals surface area (Å²) in [6.45, 7) is 7.84. The Labute approximate surface area is 126 Å². The van der Waals surface area contributed by atoms with Gasteiger partial charge in [-0.05, 0) is 25.3 Å². The van der Waals surface area contributed by atoms with Crippen molar-refractivity contribution in [3.8, 4) is 0 Å². The molecule has 1 aromatic rings. The molecule has 0 radical (unpaired) electrons. The highest BCUT2D eigenvalue weighted by molar-refractivity contribution is 5.97. The normalized spacial score (nSPS) is 22.9. The van der Waals surface area contributed by atoms with Gasteiger partial charge in [0.25, 0.3) is 0 Å². The van der Waals surface area contributed by atoms with Crippen LogP contribution in [0.25, 0.3) is 0 Å². The predicted molar refractivity (Wildman–Crippen MR) is 82.7 cm³/mol. The van der Waals surface area contributed by atoms with Gasteiger partial charge in [0.2, 0.25) is 11.8 Å². The van der Waals surface area contributed by atoms with Crippen LogP contribution in [0, 0.1) is 5.92 Å². The van der Waals surface area contributed by atoms with E-state index in [4.69, 9.17) is 0 Å². The van der Waals surface area contributed by atoms with Crippen molar-refractivity contribution < 1.29 is 9.59 Å². The van der Waals surface area contributed by atoms with Gasteiger partial charge in [-0.15, -0.1) is 0 Å². The van der Waals surface area contributed by atoms with Crippen LogP contribution in [0.3, 0.4) is 0 Å². The lowest BCUT2D eigenvalue weighted by atomic mass is 9.93. The molecular formula is C17H24N2O2. The Kier molecular flexibility index (Phi) is 4.66. The molecule has 4 heteroatoms. The van der Waals surface area contributed by atoms with Crippen LogP contribution in [0.1, 0.15) is 33.3 Å². The van der Waals surface area contributed by atoms with Crippen LogP contribution in [-0.4, -0.2) is 34.8 Å². The van der Waals surface area contributed by atoms with Crippen LogP contribution in [0.2, 0.25) is 0 Å². The zero-order valence-electron chi connectivity index (χ0n) is 13.2. The molecule has 114 valence electrons. The van der Waals surface area contributed by atoms with Crippen LogP contribution in [0.15, 0.2) is 30.3 Å². The van der Waals surface area contributed by atoms with Crippen LogP contribution in [0.5, 0.6) is 0 Å². The lowest BCUT2D eigenvalue weighted by Crippen LogP contribution is -2.66. The Hall–Kier alpha value is -1.84. The largest absolute Gasteiger partial charge is 0.342 e. The molecule has 21 heavy (non-hydrogen) atoms. The van der Waals surface area contributed by atoms with Gasteiger partial charge in [0, 0.05) is 12.5 Å². The highest BCUT2D eigenvalue weighted by Gasteiger charge is 2.42. The molecule has 2 rings (SSSR count). The van der Waals surface area contributed by atoms with Gasteiger partial charge in [0.1, 0.15) is 12.1 Å². The maximum Gasteiger partial charge on any atom is 0.246 e. The fourth-order valence-corrected chi connectivity index (χ4v) is 2.85. The Morgan fingerprint density at radius 3 is 2.24 bits per heavy atom. The summed E-state index contributed by atoms with van der Waals surface area (Å²) in [6.07, 6.45) is 0.557. The number of carbonyl (C=O) groups is 2. The molecule has 1 aromatic carbocycles. The van der Waals surface area contributed by atoms with E-state index in [1.54, 1.807) is 4.90 Å². The Bertz CT molecular complexity index is 511. The van der Waals surface area contributed by atoms with E-state index >= 15 is 0 Å². The van der Waals surface area contributed by atoms with E-state index in [0.717, 1.165) is 5.56 Å². The maximum absolute atomic E-state index is 12.7. The number of benzene rings is 1. The number of amides is 2. The van der Waals surface area contributed by atoms with Gasteiger partial charge in [-0.3, -0.25) is 9.59 Å². The van der Waals surface area contributed by atoms with Gasteiger partial charge in [-0.2, -0.15) is 0 Å². The van der Waals surface area contributed by atoms with Crippen molar-refractivity contribution in [1.29, 1.82) is 0 Å². The summed E-state index contributed by atoms with van der Waals surface area (Å²) < 4.78 is 0. The molecule has 0 aliphatic carbocycles. The molecule has 0 aromatic heterocycles. The summed E-state index contributed by atoms with van der Waals surface area (Å²) in [7, 11) is 0. The maximum atomic E-state index is 12.7. The van der Waals surface area contributed by atoms with Gasteiger partial charge in [-0.1, -0.05) is 44.2 Å². The van der Waals surface area contributed by atoms with Crippen LogP contribution >= 0.6 is 0 Å². The molecule has 4 nitrogen and oxygen atoms in total. The van der Waals surface area contributed by atoms with Crippen molar-refractivity contribution in [2.75, 3.05) is 0 Å². The first-order chi connectivity index (χ1) is 9.91. The third kappa shape index (κ3) is 3.26. The summed E-state index contributed by atoms with van der Waals surface area (Å²) in [5.74, 6) is 0.0757. The molecular weight excluding hydrogens is 264 g/mol. The Balaban J connectivity index is 2.26. The molecule has 2 unspecified atom stereocenters. The zero-order valence-corrected chi connectivity index (χ0v) is 13.2. The first-order valence-electron chi connectivity index (χ1n) is 7.58. The van der Waals surface area contributed by atoms with Gasteiger partial charge in [0.05, 0.1) is 0 Å². The number of carbonyl (C=O) groups excluding carboxylic acids is 2. The summed E-state index contributed by atoms with van der Waals surface area (Å²) in [6, 6.07) is 9.02. The number of hydrogen-bond donors (Lipinski definition) is 1. The lowest BCUT2D eigenvalue weighted by molar-refractivity contribution is -0.152. The predicted octanol–water partition coefficient (Wildman–Crippen LogP) is 1.99. The zero-order chi connectivity index (χ0) is 15.6. The third-order valence-corrected chi connectivity index (χ3v) is 3.95. The second-order valence-electron chi connectivity index (χ2n) is 6.28. The summed E-state index contributed by atoms with van der Waals surface area (Å²) in [5, 5.41) is 2.89. The number of rotatable bonds is 4. The van der Waals surface area contributed by atoms with Gasteiger partial charge in [0.15, 0.2) is 0 Å². The second kappa shape index (κ2) is 6.29. The van der Waals surface area contributed by atoms with Crippen LogP contribution in [-0.2, 0) is 16.0 Å². The fourth-order valence-electron chi connectivity index (χ4n) is 2.85. The first-order valence-corrected chi connectivity index (χ1v) is 7.58. The number of nitrogens with one attached hydrogen (secondary N) is 1. The molecule has 1 fully saturated rings. The van der Waals surface area contributed by atoms with Crippen molar-refractivity contribution in [3.63, 3.8) is 0 Å². The van der Waals surface area contributed by atoms with Crippen LogP contribution in [0.4, 0.5) is 0 Å². The quantitative estimate of drug-likeness (QED) is 0.921.